The van der Waals surface area contributed by atoms with Crippen molar-refractivity contribution >= 4 is 11.8 Å². The summed E-state index contributed by atoms with van der Waals surface area (Å²) in [6.45, 7) is 4.30. The molecule has 0 unspecified atom stereocenters. The molecule has 3 aliphatic rings. The maximum atomic E-state index is 13.0. The van der Waals surface area contributed by atoms with Crippen molar-refractivity contribution in [2.24, 2.45) is 11.7 Å². The number of ether oxygens (including phenoxy) is 2. The third-order valence-corrected chi connectivity index (χ3v) is 6.23. The lowest BCUT2D eigenvalue weighted by molar-refractivity contribution is -0.898. The largest absolute Gasteiger partial charge is 0.490 e. The molecule has 1 aromatic rings. The predicted octanol–water partition coefficient (Wildman–Crippen LogP) is 0.292. The van der Waals surface area contributed by atoms with E-state index in [2.05, 4.69) is 6.07 Å². The smallest absolute Gasteiger partial charge is 0.278 e. The van der Waals surface area contributed by atoms with Gasteiger partial charge in [0.2, 0.25) is 5.91 Å². The molecular formula is C21H30N3O4+. The van der Waals surface area contributed by atoms with Crippen LogP contribution in [0.3, 0.4) is 0 Å². The number of benzene rings is 1. The Morgan fingerprint density at radius 2 is 1.82 bits per heavy atom. The van der Waals surface area contributed by atoms with Crippen LogP contribution in [0.2, 0.25) is 0 Å². The van der Waals surface area contributed by atoms with Crippen molar-refractivity contribution in [3.63, 3.8) is 0 Å². The fourth-order valence-corrected chi connectivity index (χ4v) is 4.60. The summed E-state index contributed by atoms with van der Waals surface area (Å²) >= 11 is 0. The van der Waals surface area contributed by atoms with E-state index in [1.807, 2.05) is 17.0 Å². The molecule has 2 fully saturated rings. The lowest BCUT2D eigenvalue weighted by atomic mass is 9.96. The zero-order valence-corrected chi connectivity index (χ0v) is 16.3. The van der Waals surface area contributed by atoms with Crippen molar-refractivity contribution in [3.8, 4) is 11.5 Å². The van der Waals surface area contributed by atoms with Crippen LogP contribution in [0.25, 0.3) is 0 Å². The van der Waals surface area contributed by atoms with E-state index in [1.165, 1.54) is 4.90 Å². The third kappa shape index (κ3) is 4.09. The first kappa shape index (κ1) is 19.1. The number of nitrogens with one attached hydrogen (secondary N) is 1. The van der Waals surface area contributed by atoms with E-state index in [-0.39, 0.29) is 23.8 Å². The summed E-state index contributed by atoms with van der Waals surface area (Å²) in [4.78, 5) is 27.6. The highest BCUT2D eigenvalue weighted by molar-refractivity contribution is 5.78. The van der Waals surface area contributed by atoms with Gasteiger partial charge in [-0.1, -0.05) is 6.07 Å². The van der Waals surface area contributed by atoms with Crippen LogP contribution in [0.4, 0.5) is 0 Å². The van der Waals surface area contributed by atoms with E-state index in [4.69, 9.17) is 15.2 Å². The zero-order chi connectivity index (χ0) is 19.5. The van der Waals surface area contributed by atoms with Gasteiger partial charge in [-0.15, -0.1) is 0 Å². The summed E-state index contributed by atoms with van der Waals surface area (Å²) in [7, 11) is 0. The molecule has 7 nitrogen and oxygen atoms in total. The van der Waals surface area contributed by atoms with E-state index in [0.29, 0.717) is 19.8 Å². The first-order valence-corrected chi connectivity index (χ1v) is 10.4. The van der Waals surface area contributed by atoms with E-state index in [1.54, 1.807) is 0 Å². The molecule has 1 aromatic carbocycles. The average Bonchev–Trinajstić information content (AvgIpc) is 3.07. The average molecular weight is 388 g/mol. The highest BCUT2D eigenvalue weighted by atomic mass is 16.5. The summed E-state index contributed by atoms with van der Waals surface area (Å²) in [6.07, 6.45) is 4.44. The number of likely N-dealkylation sites (tertiary alicyclic amines) is 2. The Balaban J connectivity index is 1.40. The molecule has 0 radical (unpaired) electrons. The number of fused-ring (bicyclic) bond motifs is 1. The number of amides is 2. The van der Waals surface area contributed by atoms with Gasteiger partial charge < -0.3 is 25.0 Å². The molecule has 4 rings (SSSR count). The van der Waals surface area contributed by atoms with Crippen LogP contribution in [0.5, 0.6) is 11.5 Å². The Bertz CT molecular complexity index is 730. The van der Waals surface area contributed by atoms with Crippen LogP contribution in [0, 0.1) is 5.92 Å². The van der Waals surface area contributed by atoms with Gasteiger partial charge in [0.15, 0.2) is 18.0 Å². The molecule has 2 saturated heterocycles. The number of quaternary nitrogens is 1. The van der Waals surface area contributed by atoms with Gasteiger partial charge in [-0.05, 0) is 30.5 Å². The van der Waals surface area contributed by atoms with Crippen molar-refractivity contribution in [3.05, 3.63) is 23.8 Å². The Hall–Kier alpha value is -2.28. The molecule has 2 amide bonds. The second-order valence-electron chi connectivity index (χ2n) is 8.11. The molecule has 1 atom stereocenters. The standard InChI is InChI=1S/C21H29N3O4/c22-21(26)15-6-9-23(10-7-15)14-20(25)24-8-1-3-17(24)16-4-5-18-19(13-16)28-12-2-11-27-18/h4-5,13,15,17H,1-3,6-12,14H2,(H2,22,26)/p+1/t17-/m1/s1. The van der Waals surface area contributed by atoms with Crippen LogP contribution in [0.15, 0.2) is 18.2 Å². The van der Waals surface area contributed by atoms with Crippen LogP contribution in [0.1, 0.15) is 43.7 Å². The maximum absolute atomic E-state index is 13.0. The van der Waals surface area contributed by atoms with Gasteiger partial charge in [0.1, 0.15) is 0 Å². The normalized spacial score (nSPS) is 27.3. The van der Waals surface area contributed by atoms with Crippen LogP contribution in [-0.2, 0) is 9.59 Å². The minimum atomic E-state index is -0.209. The van der Waals surface area contributed by atoms with Gasteiger partial charge in [0, 0.05) is 31.7 Å². The van der Waals surface area contributed by atoms with Gasteiger partial charge in [0.05, 0.1) is 32.3 Å². The molecule has 3 N–H and O–H groups in total. The molecule has 0 bridgehead atoms. The monoisotopic (exact) mass is 388 g/mol. The predicted molar refractivity (Wildman–Crippen MR) is 103 cm³/mol. The quantitative estimate of drug-likeness (QED) is 0.776. The second kappa shape index (κ2) is 8.39. The van der Waals surface area contributed by atoms with Gasteiger partial charge >= 0.3 is 0 Å². The Morgan fingerprint density at radius 3 is 2.57 bits per heavy atom. The van der Waals surface area contributed by atoms with Crippen LogP contribution >= 0.6 is 0 Å². The number of rotatable bonds is 4. The number of piperidine rings is 1. The number of nitrogens with zero attached hydrogens (tertiary/aromatic N) is 1. The number of hydrogen-bond acceptors (Lipinski definition) is 4. The summed E-state index contributed by atoms with van der Waals surface area (Å²) in [5.74, 6) is 1.54. The fourth-order valence-electron chi connectivity index (χ4n) is 4.60. The first-order valence-electron chi connectivity index (χ1n) is 10.4. The minimum Gasteiger partial charge on any atom is -0.490 e. The second-order valence-corrected chi connectivity index (χ2v) is 8.11. The highest BCUT2D eigenvalue weighted by Gasteiger charge is 2.34. The van der Waals surface area contributed by atoms with Crippen molar-refractivity contribution in [1.82, 2.24) is 4.90 Å². The Labute approximate surface area is 165 Å². The highest BCUT2D eigenvalue weighted by Crippen LogP contribution is 2.37. The SMILES string of the molecule is NC(=O)C1CC[NH+](CC(=O)N2CCC[C@@H]2c2ccc3c(c2)OCCCO3)CC1. The molecule has 0 saturated carbocycles. The van der Waals surface area contributed by atoms with E-state index in [0.717, 1.165) is 68.8 Å². The molecular weight excluding hydrogens is 358 g/mol. The van der Waals surface area contributed by atoms with Crippen LogP contribution in [-0.4, -0.2) is 56.1 Å². The van der Waals surface area contributed by atoms with Gasteiger partial charge in [-0.25, -0.2) is 0 Å². The summed E-state index contributed by atoms with van der Waals surface area (Å²) in [5, 5.41) is 0. The number of carbonyl (C=O) groups is 2. The van der Waals surface area contributed by atoms with Gasteiger partial charge in [-0.2, -0.15) is 0 Å². The molecule has 0 aliphatic carbocycles. The molecule has 0 spiro atoms. The molecule has 3 aliphatic heterocycles. The number of hydrogen-bond donors (Lipinski definition) is 2. The minimum absolute atomic E-state index is 0.0276. The molecule has 0 aromatic heterocycles. The molecule has 3 heterocycles. The maximum Gasteiger partial charge on any atom is 0.278 e. The van der Waals surface area contributed by atoms with Crippen molar-refractivity contribution in [2.75, 3.05) is 39.4 Å². The Morgan fingerprint density at radius 1 is 1.07 bits per heavy atom. The summed E-state index contributed by atoms with van der Waals surface area (Å²) in [5.41, 5.74) is 6.53. The van der Waals surface area contributed by atoms with Crippen LogP contribution < -0.4 is 20.1 Å². The molecule has 28 heavy (non-hydrogen) atoms. The Kier molecular flexibility index (Phi) is 5.71. The van der Waals surface area contributed by atoms with E-state index >= 15 is 0 Å². The van der Waals surface area contributed by atoms with E-state index < -0.39 is 0 Å². The van der Waals surface area contributed by atoms with E-state index in [9.17, 15) is 9.59 Å². The summed E-state index contributed by atoms with van der Waals surface area (Å²) < 4.78 is 11.5. The topological polar surface area (TPSA) is 86.3 Å². The zero-order valence-electron chi connectivity index (χ0n) is 16.3. The lowest BCUT2D eigenvalue weighted by Gasteiger charge is -2.30. The van der Waals surface area contributed by atoms with Gasteiger partial charge in [0.25, 0.3) is 5.91 Å². The third-order valence-electron chi connectivity index (χ3n) is 6.23. The summed E-state index contributed by atoms with van der Waals surface area (Å²) in [6, 6.07) is 6.18. The first-order chi connectivity index (χ1) is 13.6. The number of primary amides is 1. The number of nitrogens with two attached hydrogens (primary N) is 1. The lowest BCUT2D eigenvalue weighted by Crippen LogP contribution is -3.14. The van der Waals surface area contributed by atoms with Crippen molar-refractivity contribution in [1.29, 1.82) is 0 Å². The molecule has 7 heteroatoms. The van der Waals surface area contributed by atoms with Crippen molar-refractivity contribution in [2.45, 2.75) is 38.1 Å². The van der Waals surface area contributed by atoms with Crippen molar-refractivity contribution < 1.29 is 24.0 Å². The molecule has 152 valence electrons. The fraction of sp³-hybridized carbons (Fsp3) is 0.619. The van der Waals surface area contributed by atoms with Gasteiger partial charge in [-0.3, -0.25) is 9.59 Å². The number of carbonyl (C=O) groups excluding carboxylic acids is 2.